The van der Waals surface area contributed by atoms with Gasteiger partial charge in [-0.25, -0.2) is 4.98 Å². The summed E-state index contributed by atoms with van der Waals surface area (Å²) in [6, 6.07) is 3.62. The molecule has 2 aliphatic heterocycles. The zero-order valence-corrected chi connectivity index (χ0v) is 17.1. The van der Waals surface area contributed by atoms with Crippen molar-refractivity contribution in [2.24, 2.45) is 5.92 Å². The van der Waals surface area contributed by atoms with Crippen molar-refractivity contribution in [2.75, 3.05) is 18.4 Å². The molecule has 4 heterocycles. The van der Waals surface area contributed by atoms with Crippen LogP contribution in [0.25, 0.3) is 0 Å². The third kappa shape index (κ3) is 3.64. The van der Waals surface area contributed by atoms with Crippen LogP contribution in [0.15, 0.2) is 30.7 Å². The maximum Gasteiger partial charge on any atom is 0.255 e. The summed E-state index contributed by atoms with van der Waals surface area (Å²) < 4.78 is 8.41. The number of anilines is 1. The van der Waals surface area contributed by atoms with E-state index in [1.807, 2.05) is 42.5 Å². The lowest BCUT2D eigenvalue weighted by atomic mass is 9.88. The van der Waals surface area contributed by atoms with E-state index >= 15 is 0 Å². The molecule has 0 radical (unpaired) electrons. The summed E-state index contributed by atoms with van der Waals surface area (Å²) in [6.45, 7) is 7.29. The van der Waals surface area contributed by atoms with Gasteiger partial charge < -0.3 is 19.5 Å². The molecular formula is C21H27N5O3. The van der Waals surface area contributed by atoms with Crippen LogP contribution in [0.2, 0.25) is 0 Å². The van der Waals surface area contributed by atoms with Crippen LogP contribution in [0, 0.1) is 12.8 Å². The summed E-state index contributed by atoms with van der Waals surface area (Å²) >= 11 is 0. The summed E-state index contributed by atoms with van der Waals surface area (Å²) in [7, 11) is 0. The molecule has 29 heavy (non-hydrogen) atoms. The van der Waals surface area contributed by atoms with Crippen LogP contribution in [-0.4, -0.2) is 50.4 Å². The number of pyridine rings is 1. The number of carbonyl (C=O) groups is 2. The standard InChI is InChI=1S/C21H27N5O3/c1-14(2)19(28)25-10-6-21(7-11-25)20-23-9-12-26(20)13-17(29-21)18(27)24-16-5-4-8-22-15(16)3/h4-5,8-9,12,14,17H,6-7,10-11,13H2,1-3H3,(H,24,27). The van der Waals surface area contributed by atoms with Gasteiger partial charge >= 0.3 is 0 Å². The van der Waals surface area contributed by atoms with Crippen LogP contribution in [0.4, 0.5) is 5.69 Å². The van der Waals surface area contributed by atoms with Gasteiger partial charge in [-0.1, -0.05) is 13.8 Å². The number of amides is 2. The number of nitrogens with zero attached hydrogens (tertiary/aromatic N) is 4. The Hall–Kier alpha value is -2.74. The number of likely N-dealkylation sites (tertiary alicyclic amines) is 1. The van der Waals surface area contributed by atoms with E-state index in [0.717, 1.165) is 11.5 Å². The second kappa shape index (κ2) is 7.59. The number of piperidine rings is 1. The molecule has 8 heteroatoms. The number of imidazole rings is 1. The van der Waals surface area contributed by atoms with Crippen LogP contribution in [0.1, 0.15) is 38.2 Å². The highest BCUT2D eigenvalue weighted by atomic mass is 16.5. The minimum absolute atomic E-state index is 0.0282. The van der Waals surface area contributed by atoms with Gasteiger partial charge in [0.1, 0.15) is 11.4 Å². The zero-order chi connectivity index (χ0) is 20.6. The van der Waals surface area contributed by atoms with Crippen molar-refractivity contribution in [3.8, 4) is 0 Å². The number of nitrogens with one attached hydrogen (secondary N) is 1. The first-order chi connectivity index (χ1) is 13.9. The molecule has 2 amide bonds. The topological polar surface area (TPSA) is 89.4 Å². The van der Waals surface area contributed by atoms with Crippen LogP contribution < -0.4 is 5.32 Å². The molecule has 0 saturated carbocycles. The molecule has 1 fully saturated rings. The quantitative estimate of drug-likeness (QED) is 0.857. The van der Waals surface area contributed by atoms with Crippen molar-refractivity contribution < 1.29 is 14.3 Å². The molecule has 0 aromatic carbocycles. The van der Waals surface area contributed by atoms with Gasteiger partial charge in [-0.2, -0.15) is 0 Å². The average Bonchev–Trinajstić information content (AvgIpc) is 3.19. The van der Waals surface area contributed by atoms with Gasteiger partial charge in [0.2, 0.25) is 5.91 Å². The highest BCUT2D eigenvalue weighted by Crippen LogP contribution is 2.40. The van der Waals surface area contributed by atoms with Crippen LogP contribution >= 0.6 is 0 Å². The SMILES string of the molecule is Cc1ncccc1NC(=O)C1Cn2ccnc2C2(CCN(C(=O)C(C)C)CC2)O1. The number of aromatic nitrogens is 3. The van der Waals surface area contributed by atoms with Crippen molar-refractivity contribution in [2.45, 2.75) is 51.9 Å². The average molecular weight is 397 g/mol. The smallest absolute Gasteiger partial charge is 0.255 e. The molecule has 1 N–H and O–H groups in total. The van der Waals surface area contributed by atoms with Gasteiger partial charge in [0.25, 0.3) is 5.91 Å². The molecule has 2 aromatic rings. The van der Waals surface area contributed by atoms with Crippen LogP contribution in [-0.2, 0) is 26.5 Å². The summed E-state index contributed by atoms with van der Waals surface area (Å²) in [5.41, 5.74) is 0.792. The van der Waals surface area contributed by atoms with E-state index in [2.05, 4.69) is 15.3 Å². The predicted octanol–water partition coefficient (Wildman–Crippen LogP) is 2.10. The third-order valence-electron chi connectivity index (χ3n) is 5.79. The van der Waals surface area contributed by atoms with E-state index in [1.165, 1.54) is 0 Å². The summed E-state index contributed by atoms with van der Waals surface area (Å²) in [4.78, 5) is 36.0. The lowest BCUT2D eigenvalue weighted by Crippen LogP contribution is -2.54. The molecule has 0 bridgehead atoms. The molecular weight excluding hydrogens is 370 g/mol. The summed E-state index contributed by atoms with van der Waals surface area (Å²) in [5, 5.41) is 2.94. The van der Waals surface area contributed by atoms with Gasteiger partial charge in [0.05, 0.1) is 17.9 Å². The fraction of sp³-hybridized carbons (Fsp3) is 0.524. The van der Waals surface area contributed by atoms with Crippen molar-refractivity contribution in [1.82, 2.24) is 19.4 Å². The van der Waals surface area contributed by atoms with E-state index in [4.69, 9.17) is 4.74 Å². The molecule has 2 aromatic heterocycles. The lowest BCUT2D eigenvalue weighted by Gasteiger charge is -2.45. The monoisotopic (exact) mass is 397 g/mol. The van der Waals surface area contributed by atoms with E-state index in [9.17, 15) is 9.59 Å². The Kier molecular flexibility index (Phi) is 5.12. The number of hydrogen-bond acceptors (Lipinski definition) is 5. The number of rotatable bonds is 3. The summed E-state index contributed by atoms with van der Waals surface area (Å²) in [6.07, 6.45) is 5.94. The Labute approximate surface area is 170 Å². The fourth-order valence-electron chi connectivity index (χ4n) is 4.16. The number of fused-ring (bicyclic) bond motifs is 2. The zero-order valence-electron chi connectivity index (χ0n) is 17.1. The van der Waals surface area contributed by atoms with Crippen molar-refractivity contribution >= 4 is 17.5 Å². The van der Waals surface area contributed by atoms with Gasteiger partial charge in [-0.3, -0.25) is 14.6 Å². The second-order valence-corrected chi connectivity index (χ2v) is 8.11. The molecule has 1 atom stereocenters. The first-order valence-electron chi connectivity index (χ1n) is 10.1. The number of aryl methyl sites for hydroxylation is 1. The maximum atomic E-state index is 13.0. The molecule has 154 valence electrons. The Morgan fingerprint density at radius 2 is 2.00 bits per heavy atom. The maximum absolute atomic E-state index is 13.0. The lowest BCUT2D eigenvalue weighted by molar-refractivity contribution is -0.173. The third-order valence-corrected chi connectivity index (χ3v) is 5.79. The van der Waals surface area contributed by atoms with Gasteiger partial charge in [-0.15, -0.1) is 0 Å². The van der Waals surface area contributed by atoms with Crippen molar-refractivity contribution in [3.63, 3.8) is 0 Å². The van der Waals surface area contributed by atoms with E-state index in [0.29, 0.717) is 38.2 Å². The highest BCUT2D eigenvalue weighted by molar-refractivity contribution is 5.94. The van der Waals surface area contributed by atoms with Crippen molar-refractivity contribution in [1.29, 1.82) is 0 Å². The van der Waals surface area contributed by atoms with Gasteiger partial charge in [0.15, 0.2) is 6.10 Å². The normalized spacial score (nSPS) is 20.6. The molecule has 4 rings (SSSR count). The van der Waals surface area contributed by atoms with E-state index in [-0.39, 0.29) is 17.7 Å². The Bertz CT molecular complexity index is 915. The molecule has 1 unspecified atom stereocenters. The van der Waals surface area contributed by atoms with Gasteiger partial charge in [0, 0.05) is 50.4 Å². The van der Waals surface area contributed by atoms with Gasteiger partial charge in [-0.05, 0) is 19.1 Å². The van der Waals surface area contributed by atoms with E-state index in [1.54, 1.807) is 18.5 Å². The first kappa shape index (κ1) is 19.6. The molecule has 1 saturated heterocycles. The molecule has 1 spiro atoms. The Balaban J connectivity index is 1.53. The van der Waals surface area contributed by atoms with Crippen LogP contribution in [0.5, 0.6) is 0 Å². The number of carbonyl (C=O) groups excluding carboxylic acids is 2. The Morgan fingerprint density at radius 1 is 1.24 bits per heavy atom. The predicted molar refractivity (Wildman–Crippen MR) is 107 cm³/mol. The fourth-order valence-corrected chi connectivity index (χ4v) is 4.16. The minimum atomic E-state index is -0.651. The molecule has 0 aliphatic carbocycles. The first-order valence-corrected chi connectivity index (χ1v) is 10.1. The minimum Gasteiger partial charge on any atom is -0.352 e. The molecule has 8 nitrogen and oxygen atoms in total. The van der Waals surface area contributed by atoms with Crippen LogP contribution in [0.3, 0.4) is 0 Å². The van der Waals surface area contributed by atoms with Crippen molar-refractivity contribution in [3.05, 3.63) is 42.2 Å². The highest BCUT2D eigenvalue weighted by Gasteiger charge is 2.47. The number of hydrogen-bond donors (Lipinski definition) is 1. The Morgan fingerprint density at radius 3 is 2.69 bits per heavy atom. The largest absolute Gasteiger partial charge is 0.352 e. The van der Waals surface area contributed by atoms with E-state index < -0.39 is 11.7 Å². The molecule has 2 aliphatic rings. The number of ether oxygens (including phenoxy) is 1. The summed E-state index contributed by atoms with van der Waals surface area (Å²) in [5.74, 6) is 0.774. The second-order valence-electron chi connectivity index (χ2n) is 8.11.